The maximum absolute atomic E-state index is 13.4. The van der Waals surface area contributed by atoms with Crippen molar-refractivity contribution in [1.29, 1.82) is 0 Å². The van der Waals surface area contributed by atoms with Gasteiger partial charge in [-0.3, -0.25) is 0 Å². The molecular weight excluding hydrogens is 358 g/mol. The molecule has 1 fully saturated rings. The van der Waals surface area contributed by atoms with Gasteiger partial charge in [0.15, 0.2) is 0 Å². The lowest BCUT2D eigenvalue weighted by molar-refractivity contribution is 0.275. The van der Waals surface area contributed by atoms with Crippen LogP contribution in [-0.4, -0.2) is 43.3 Å². The maximum atomic E-state index is 13.4. The monoisotopic (exact) mass is 380 g/mol. The van der Waals surface area contributed by atoms with Crippen LogP contribution in [0.1, 0.15) is 11.3 Å². The number of hydrogen-bond acceptors (Lipinski definition) is 6. The number of anilines is 2. The van der Waals surface area contributed by atoms with Crippen LogP contribution in [0.2, 0.25) is 0 Å². The lowest BCUT2D eigenvalue weighted by Gasteiger charge is -2.40. The number of aromatic nitrogens is 1. The lowest BCUT2D eigenvalue weighted by Crippen LogP contribution is -2.51. The van der Waals surface area contributed by atoms with E-state index in [1.807, 2.05) is 29.8 Å². The maximum Gasteiger partial charge on any atom is 0.240 e. The first-order chi connectivity index (χ1) is 12.4. The van der Waals surface area contributed by atoms with Crippen LogP contribution in [0.15, 0.2) is 24.3 Å². The van der Waals surface area contributed by atoms with Crippen LogP contribution < -0.4 is 14.1 Å². The van der Waals surface area contributed by atoms with Crippen LogP contribution in [-0.2, 0) is 0 Å². The van der Waals surface area contributed by atoms with Crippen LogP contribution in [0.3, 0.4) is 0 Å². The molecule has 2 heterocycles. The van der Waals surface area contributed by atoms with E-state index in [0.29, 0.717) is 37.7 Å². The molecule has 1 aromatic heterocycles. The van der Waals surface area contributed by atoms with E-state index in [-0.39, 0.29) is 0 Å². The molecule has 8 heteroatoms. The lowest BCUT2D eigenvalue weighted by atomic mass is 10.2. The molecule has 0 spiro atoms. The molecule has 1 saturated heterocycles. The summed E-state index contributed by atoms with van der Waals surface area (Å²) in [4.78, 5) is 6.41. The molecular formula is C18H22F2N4OS. The fourth-order valence-electron chi connectivity index (χ4n) is 2.98. The van der Waals surface area contributed by atoms with Crippen molar-refractivity contribution in [3.05, 3.63) is 47.2 Å². The van der Waals surface area contributed by atoms with Crippen molar-refractivity contribution in [1.82, 2.24) is 9.99 Å². The number of benzene rings is 1. The molecule has 0 radical (unpaired) electrons. The van der Waals surface area contributed by atoms with Crippen LogP contribution >= 0.6 is 12.8 Å². The van der Waals surface area contributed by atoms with Gasteiger partial charge >= 0.3 is 0 Å². The SMILES string of the molecule is COc1nc(C)c(C)cc1N(S)N1CCN(c2cc(F)cc(F)c2)CC1. The summed E-state index contributed by atoms with van der Waals surface area (Å²) < 4.78 is 34.0. The molecule has 0 atom stereocenters. The molecule has 2 aromatic rings. The second kappa shape index (κ2) is 7.67. The Kier molecular flexibility index (Phi) is 5.52. The smallest absolute Gasteiger partial charge is 0.240 e. The Morgan fingerprint density at radius 3 is 2.23 bits per heavy atom. The minimum atomic E-state index is -0.566. The molecule has 5 nitrogen and oxygen atoms in total. The van der Waals surface area contributed by atoms with E-state index in [1.54, 1.807) is 11.5 Å². The Morgan fingerprint density at radius 1 is 1.04 bits per heavy atom. The number of nitrogens with zero attached hydrogens (tertiary/aromatic N) is 4. The second-order valence-corrected chi connectivity index (χ2v) is 6.66. The van der Waals surface area contributed by atoms with Gasteiger partial charge in [0.1, 0.15) is 17.3 Å². The Hall–Kier alpha value is -2.06. The average molecular weight is 380 g/mol. The fraction of sp³-hybridized carbons (Fsp3) is 0.389. The summed E-state index contributed by atoms with van der Waals surface area (Å²) in [5.74, 6) is -0.619. The Morgan fingerprint density at radius 2 is 1.65 bits per heavy atom. The number of hydrogen-bond donors (Lipinski definition) is 1. The van der Waals surface area contributed by atoms with Crippen molar-refractivity contribution < 1.29 is 13.5 Å². The predicted octanol–water partition coefficient (Wildman–Crippen LogP) is 3.37. The van der Waals surface area contributed by atoms with Crippen molar-refractivity contribution in [2.75, 3.05) is 42.6 Å². The second-order valence-electron chi connectivity index (χ2n) is 6.28. The Bertz CT molecular complexity index is 777. The topological polar surface area (TPSA) is 31.8 Å². The molecule has 1 aliphatic heterocycles. The highest BCUT2D eigenvalue weighted by Crippen LogP contribution is 2.31. The zero-order valence-corrected chi connectivity index (χ0v) is 15.9. The number of methoxy groups -OCH3 is 1. The first kappa shape index (κ1) is 18.7. The quantitative estimate of drug-likeness (QED) is 0.822. The van der Waals surface area contributed by atoms with Gasteiger partial charge in [-0.1, -0.05) is 0 Å². The molecule has 0 unspecified atom stereocenters. The van der Waals surface area contributed by atoms with E-state index in [1.165, 1.54) is 12.1 Å². The zero-order valence-electron chi connectivity index (χ0n) is 15.0. The highest BCUT2D eigenvalue weighted by molar-refractivity contribution is 7.81. The van der Waals surface area contributed by atoms with Crippen molar-refractivity contribution in [2.45, 2.75) is 13.8 Å². The van der Waals surface area contributed by atoms with E-state index >= 15 is 0 Å². The molecule has 0 bridgehead atoms. The number of aryl methyl sites for hydroxylation is 2. The zero-order chi connectivity index (χ0) is 18.8. The van der Waals surface area contributed by atoms with Crippen molar-refractivity contribution in [2.24, 2.45) is 0 Å². The van der Waals surface area contributed by atoms with Gasteiger partial charge in [-0.15, -0.1) is 0 Å². The molecule has 3 rings (SSSR count). The molecule has 26 heavy (non-hydrogen) atoms. The average Bonchev–Trinajstić information content (AvgIpc) is 2.62. The number of piperazine rings is 1. The number of thiol groups is 1. The molecule has 1 aromatic carbocycles. The number of hydrazine groups is 1. The fourth-order valence-corrected chi connectivity index (χ4v) is 3.30. The summed E-state index contributed by atoms with van der Waals surface area (Å²) in [6, 6.07) is 5.58. The third kappa shape index (κ3) is 3.86. The van der Waals surface area contributed by atoms with Gasteiger partial charge in [-0.25, -0.2) is 23.2 Å². The van der Waals surface area contributed by atoms with E-state index in [2.05, 4.69) is 17.8 Å². The van der Waals surface area contributed by atoms with Crippen LogP contribution in [0.5, 0.6) is 5.88 Å². The number of rotatable bonds is 4. The van der Waals surface area contributed by atoms with E-state index in [9.17, 15) is 8.78 Å². The summed E-state index contributed by atoms with van der Waals surface area (Å²) in [7, 11) is 1.58. The van der Waals surface area contributed by atoms with Crippen LogP contribution in [0.4, 0.5) is 20.2 Å². The van der Waals surface area contributed by atoms with E-state index in [4.69, 9.17) is 4.74 Å². The number of ether oxygens (including phenoxy) is 1. The van der Waals surface area contributed by atoms with Crippen LogP contribution in [0, 0.1) is 25.5 Å². The third-order valence-corrected chi connectivity index (χ3v) is 5.03. The van der Waals surface area contributed by atoms with Gasteiger partial charge in [0.05, 0.1) is 7.11 Å². The van der Waals surface area contributed by atoms with E-state index in [0.717, 1.165) is 23.0 Å². The summed E-state index contributed by atoms with van der Waals surface area (Å²) in [6.45, 7) is 6.47. The van der Waals surface area contributed by atoms with Gasteiger partial charge in [-0.05, 0) is 50.4 Å². The van der Waals surface area contributed by atoms with Crippen molar-refractivity contribution in [3.8, 4) is 5.88 Å². The Balaban J connectivity index is 1.72. The summed E-state index contributed by atoms with van der Waals surface area (Å²) in [5, 5.41) is 2.05. The number of pyridine rings is 1. The first-order valence-electron chi connectivity index (χ1n) is 8.36. The molecule has 1 aliphatic rings. The number of halogens is 2. The first-order valence-corrected chi connectivity index (χ1v) is 8.76. The van der Waals surface area contributed by atoms with Crippen LogP contribution in [0.25, 0.3) is 0 Å². The highest BCUT2D eigenvalue weighted by Gasteiger charge is 2.24. The normalized spacial score (nSPS) is 15.2. The van der Waals surface area contributed by atoms with Gasteiger partial charge in [-0.2, -0.15) is 0 Å². The molecule has 0 N–H and O–H groups in total. The largest absolute Gasteiger partial charge is 0.479 e. The van der Waals surface area contributed by atoms with Gasteiger partial charge in [0, 0.05) is 43.6 Å². The molecule has 0 saturated carbocycles. The minimum Gasteiger partial charge on any atom is -0.479 e. The standard InChI is InChI=1S/C18H22F2N4OS/c1-12-8-17(18(25-3)21-13(12)2)24(26)23-6-4-22(5-7-23)16-10-14(19)9-15(20)11-16/h8-11,26H,4-7H2,1-3H3. The summed E-state index contributed by atoms with van der Waals surface area (Å²) >= 11 is 4.62. The Labute approximate surface area is 157 Å². The molecule has 140 valence electrons. The van der Waals surface area contributed by atoms with Crippen molar-refractivity contribution >= 4 is 24.2 Å². The minimum absolute atomic E-state index is 0.512. The predicted molar refractivity (Wildman–Crippen MR) is 102 cm³/mol. The highest BCUT2D eigenvalue weighted by atomic mass is 32.1. The molecule has 0 aliphatic carbocycles. The van der Waals surface area contributed by atoms with E-state index < -0.39 is 11.6 Å². The van der Waals surface area contributed by atoms with Crippen molar-refractivity contribution in [3.63, 3.8) is 0 Å². The summed E-state index contributed by atoms with van der Waals surface area (Å²) in [5.41, 5.74) is 3.28. The summed E-state index contributed by atoms with van der Waals surface area (Å²) in [6.07, 6.45) is 0. The van der Waals surface area contributed by atoms with Gasteiger partial charge in [0.2, 0.25) is 5.88 Å². The third-order valence-electron chi connectivity index (χ3n) is 4.56. The van der Waals surface area contributed by atoms with Gasteiger partial charge in [0.25, 0.3) is 0 Å². The molecule has 0 amide bonds. The van der Waals surface area contributed by atoms with Gasteiger partial charge < -0.3 is 9.64 Å².